The first kappa shape index (κ1) is 31.3. The van der Waals surface area contributed by atoms with Crippen molar-refractivity contribution in [2.24, 2.45) is 0 Å². The van der Waals surface area contributed by atoms with Crippen LogP contribution in [0, 0.1) is 0 Å². The molecule has 0 aliphatic carbocycles. The van der Waals surface area contributed by atoms with E-state index in [9.17, 15) is 14.4 Å². The summed E-state index contributed by atoms with van der Waals surface area (Å²) in [7, 11) is 0. The fourth-order valence-electron chi connectivity index (χ4n) is 4.83. The van der Waals surface area contributed by atoms with Crippen molar-refractivity contribution in [3.8, 4) is 0 Å². The smallest absolute Gasteiger partial charge is 0.330 e. The minimum Gasteiger partial charge on any atom is -0.465 e. The summed E-state index contributed by atoms with van der Waals surface area (Å²) in [6.07, 6.45) is 3.72. The van der Waals surface area contributed by atoms with Crippen molar-refractivity contribution >= 4 is 29.6 Å². The molecule has 39 heavy (non-hydrogen) atoms. The van der Waals surface area contributed by atoms with Crippen molar-refractivity contribution in [1.29, 1.82) is 0 Å². The quantitative estimate of drug-likeness (QED) is 0.161. The molecule has 0 bridgehead atoms. The van der Waals surface area contributed by atoms with Crippen molar-refractivity contribution in [3.63, 3.8) is 0 Å². The van der Waals surface area contributed by atoms with Crippen LogP contribution < -0.4 is 5.32 Å². The van der Waals surface area contributed by atoms with Crippen molar-refractivity contribution in [2.75, 3.05) is 44.4 Å². The molecule has 1 aromatic rings. The van der Waals surface area contributed by atoms with Gasteiger partial charge in [0, 0.05) is 24.6 Å². The number of carbonyl (C=O) groups excluding carboxylic acids is 3. The molecule has 0 aromatic heterocycles. The SMILES string of the molecule is CCOC(=O)C(CCc1ccccc1)NC1CCCN2CCCC(C(=O)OCCSCCON(O)O)N2C1=O. The van der Waals surface area contributed by atoms with Crippen molar-refractivity contribution < 1.29 is 39.1 Å². The molecule has 12 nitrogen and oxygen atoms in total. The molecule has 13 heteroatoms. The van der Waals surface area contributed by atoms with Gasteiger partial charge in [0.25, 0.3) is 5.91 Å². The zero-order valence-corrected chi connectivity index (χ0v) is 23.2. The first-order valence-corrected chi connectivity index (χ1v) is 14.7. The van der Waals surface area contributed by atoms with Gasteiger partial charge in [-0.15, -0.1) is 0 Å². The number of benzene rings is 1. The second-order valence-electron chi connectivity index (χ2n) is 9.35. The minimum atomic E-state index is -0.718. The number of thioether (sulfide) groups is 1. The van der Waals surface area contributed by atoms with Crippen LogP contribution in [0.5, 0.6) is 0 Å². The number of rotatable bonds is 15. The molecule has 2 fully saturated rings. The fourth-order valence-corrected chi connectivity index (χ4v) is 5.43. The number of hydrogen-bond acceptors (Lipinski definition) is 12. The monoisotopic (exact) mass is 568 g/mol. The van der Waals surface area contributed by atoms with Crippen LogP contribution in [0.2, 0.25) is 0 Å². The van der Waals surface area contributed by atoms with Gasteiger partial charge in [-0.1, -0.05) is 30.3 Å². The van der Waals surface area contributed by atoms with Crippen LogP contribution in [-0.4, -0.2) is 106 Å². The van der Waals surface area contributed by atoms with Gasteiger partial charge in [0.05, 0.1) is 24.6 Å². The van der Waals surface area contributed by atoms with Gasteiger partial charge >= 0.3 is 11.9 Å². The first-order valence-electron chi connectivity index (χ1n) is 13.5. The number of aryl methyl sites for hydroxylation is 1. The number of hydrazine groups is 1. The van der Waals surface area contributed by atoms with Gasteiger partial charge in [-0.2, -0.15) is 11.8 Å². The molecule has 0 spiro atoms. The third-order valence-electron chi connectivity index (χ3n) is 6.64. The average Bonchev–Trinajstić information content (AvgIpc) is 3.09. The number of esters is 2. The Balaban J connectivity index is 1.60. The maximum absolute atomic E-state index is 13.8. The van der Waals surface area contributed by atoms with E-state index in [1.54, 1.807) is 11.9 Å². The molecule has 2 aliphatic rings. The summed E-state index contributed by atoms with van der Waals surface area (Å²) in [5.41, 5.74) is 1.10. The largest absolute Gasteiger partial charge is 0.465 e. The predicted octanol–water partition coefficient (Wildman–Crippen LogP) is 1.80. The Labute approximate surface area is 233 Å². The van der Waals surface area contributed by atoms with Gasteiger partial charge in [-0.25, -0.2) is 14.6 Å². The summed E-state index contributed by atoms with van der Waals surface area (Å²) in [6, 6.07) is 7.87. The maximum atomic E-state index is 13.8. The lowest BCUT2D eigenvalue weighted by atomic mass is 10.0. The van der Waals surface area contributed by atoms with Crippen molar-refractivity contribution in [2.45, 2.75) is 63.6 Å². The maximum Gasteiger partial charge on any atom is 0.330 e. The molecular formula is C26H40N4O8S. The highest BCUT2D eigenvalue weighted by molar-refractivity contribution is 7.99. The standard InChI is InChI=1S/C26H40N4O8S/c1-2-36-25(32)22(13-12-20-8-4-3-5-9-20)27-21-10-6-14-28-15-7-11-23(29(28)24(21)31)26(33)37-16-18-39-19-17-38-30(34)35/h3-5,8-9,21-23,27,34-35H,2,6-7,10-19H2,1H3. The van der Waals surface area contributed by atoms with Crippen LogP contribution in [0.25, 0.3) is 0 Å². The fraction of sp³-hybridized carbons (Fsp3) is 0.654. The third-order valence-corrected chi connectivity index (χ3v) is 7.55. The van der Waals surface area contributed by atoms with E-state index in [1.165, 1.54) is 11.8 Å². The second-order valence-corrected chi connectivity index (χ2v) is 10.6. The Morgan fingerprint density at radius 1 is 1.10 bits per heavy atom. The lowest BCUT2D eigenvalue weighted by Gasteiger charge is -2.42. The van der Waals surface area contributed by atoms with Crippen LogP contribution in [0.1, 0.15) is 44.6 Å². The first-order chi connectivity index (χ1) is 18.9. The topological polar surface area (TPSA) is 141 Å². The lowest BCUT2D eigenvalue weighted by molar-refractivity contribution is -0.490. The molecule has 3 atom stereocenters. The number of carbonyl (C=O) groups is 3. The molecule has 2 saturated heterocycles. The van der Waals surface area contributed by atoms with Crippen LogP contribution in [0.4, 0.5) is 0 Å². The van der Waals surface area contributed by atoms with Gasteiger partial charge in [0.2, 0.25) is 0 Å². The third kappa shape index (κ3) is 10.0. The number of ether oxygens (including phenoxy) is 2. The highest BCUT2D eigenvalue weighted by Crippen LogP contribution is 2.25. The Bertz CT molecular complexity index is 909. The zero-order valence-electron chi connectivity index (χ0n) is 22.4. The molecule has 2 aliphatic heterocycles. The molecule has 2 heterocycles. The van der Waals surface area contributed by atoms with E-state index < -0.39 is 24.1 Å². The summed E-state index contributed by atoms with van der Waals surface area (Å²) >= 11 is 1.43. The Morgan fingerprint density at radius 2 is 1.82 bits per heavy atom. The molecule has 3 unspecified atom stereocenters. The predicted molar refractivity (Wildman–Crippen MR) is 142 cm³/mol. The van der Waals surface area contributed by atoms with Crippen molar-refractivity contribution in [1.82, 2.24) is 20.7 Å². The van der Waals surface area contributed by atoms with Gasteiger partial charge in [-0.3, -0.25) is 30.3 Å². The summed E-state index contributed by atoms with van der Waals surface area (Å²) in [6.45, 7) is 3.59. The summed E-state index contributed by atoms with van der Waals surface area (Å²) < 4.78 is 10.8. The van der Waals surface area contributed by atoms with Gasteiger partial charge in [0.1, 0.15) is 18.7 Å². The van der Waals surface area contributed by atoms with E-state index in [2.05, 4.69) is 10.2 Å². The van der Waals surface area contributed by atoms with Crippen molar-refractivity contribution in [3.05, 3.63) is 35.9 Å². The minimum absolute atomic E-state index is 0.0952. The van der Waals surface area contributed by atoms with Crippen LogP contribution >= 0.6 is 11.8 Å². The number of fused-ring (bicyclic) bond motifs is 1. The molecule has 3 rings (SSSR count). The highest BCUT2D eigenvalue weighted by Gasteiger charge is 2.43. The van der Waals surface area contributed by atoms with E-state index in [-0.39, 0.29) is 37.1 Å². The molecule has 0 radical (unpaired) electrons. The number of amides is 1. The van der Waals surface area contributed by atoms with Gasteiger partial charge in [-0.05, 0) is 51.0 Å². The average molecular weight is 569 g/mol. The number of nitrogens with one attached hydrogen (secondary N) is 1. The lowest BCUT2D eigenvalue weighted by Crippen LogP contribution is -2.62. The van der Waals surface area contributed by atoms with E-state index in [4.69, 9.17) is 19.9 Å². The van der Waals surface area contributed by atoms with E-state index in [1.807, 2.05) is 35.3 Å². The number of nitrogens with zero attached hydrogens (tertiary/aromatic N) is 3. The molecule has 1 amide bonds. The van der Waals surface area contributed by atoms with E-state index >= 15 is 0 Å². The highest BCUT2D eigenvalue weighted by atomic mass is 32.2. The normalized spacial score (nSPS) is 20.8. The summed E-state index contributed by atoms with van der Waals surface area (Å²) in [5, 5.41) is 23.5. The van der Waals surface area contributed by atoms with E-state index in [0.29, 0.717) is 50.3 Å². The zero-order chi connectivity index (χ0) is 28.0. The Morgan fingerprint density at radius 3 is 2.54 bits per heavy atom. The summed E-state index contributed by atoms with van der Waals surface area (Å²) in [4.78, 5) is 44.1. The van der Waals surface area contributed by atoms with Crippen LogP contribution in [0.3, 0.4) is 0 Å². The summed E-state index contributed by atoms with van der Waals surface area (Å²) in [5.74, 6) is -0.0782. The van der Waals surface area contributed by atoms with Crippen LogP contribution in [-0.2, 0) is 35.1 Å². The van der Waals surface area contributed by atoms with E-state index in [0.717, 1.165) is 18.4 Å². The molecule has 1 aromatic carbocycles. The molecule has 218 valence electrons. The molecular weight excluding hydrogens is 528 g/mol. The molecule has 3 N–H and O–H groups in total. The molecule has 0 saturated carbocycles. The van der Waals surface area contributed by atoms with Gasteiger partial charge in [0.15, 0.2) is 0 Å². The Hall–Kier alpha value is -2.26. The number of hydrogen-bond donors (Lipinski definition) is 3. The Kier molecular flexibility index (Phi) is 13.4. The van der Waals surface area contributed by atoms with Gasteiger partial charge < -0.3 is 9.47 Å². The second kappa shape index (κ2) is 16.8. The van der Waals surface area contributed by atoms with Crippen LogP contribution in [0.15, 0.2) is 30.3 Å².